The number of nitrogens with one attached hydrogen (secondary N) is 2. The van der Waals surface area contributed by atoms with Crippen molar-refractivity contribution in [3.63, 3.8) is 0 Å². The van der Waals surface area contributed by atoms with Crippen LogP contribution in [0.25, 0.3) is 11.3 Å². The number of aromatic nitrogens is 2. The van der Waals surface area contributed by atoms with Gasteiger partial charge in [-0.05, 0) is 36.6 Å². The van der Waals surface area contributed by atoms with Gasteiger partial charge in [0.25, 0.3) is 0 Å². The maximum Gasteiger partial charge on any atom is 0.235 e. The summed E-state index contributed by atoms with van der Waals surface area (Å²) in [5.41, 5.74) is 3.18. The summed E-state index contributed by atoms with van der Waals surface area (Å²) < 4.78 is 5.52. The smallest absolute Gasteiger partial charge is 0.235 e. The highest BCUT2D eigenvalue weighted by molar-refractivity contribution is 5.99. The van der Waals surface area contributed by atoms with E-state index in [2.05, 4.69) is 15.5 Å². The second-order valence-corrected chi connectivity index (χ2v) is 6.57. The van der Waals surface area contributed by atoms with E-state index in [0.29, 0.717) is 26.1 Å². The van der Waals surface area contributed by atoms with Gasteiger partial charge in [-0.25, -0.2) is 0 Å². The van der Waals surface area contributed by atoms with E-state index in [1.54, 1.807) is 6.20 Å². The third kappa shape index (κ3) is 3.13. The number of carbonyl (C=O) groups excluding carboxylic acids is 1. The van der Waals surface area contributed by atoms with E-state index >= 15 is 0 Å². The molecular formula is C21H21N3O2. The number of H-pyrrole nitrogens is 1. The molecule has 1 aliphatic heterocycles. The van der Waals surface area contributed by atoms with Crippen LogP contribution in [0.15, 0.2) is 66.9 Å². The molecule has 0 atom stereocenters. The van der Waals surface area contributed by atoms with Gasteiger partial charge < -0.3 is 10.1 Å². The first-order chi connectivity index (χ1) is 12.8. The van der Waals surface area contributed by atoms with E-state index in [4.69, 9.17) is 4.74 Å². The quantitative estimate of drug-likeness (QED) is 0.755. The molecule has 0 bridgehead atoms. The van der Waals surface area contributed by atoms with Crippen LogP contribution in [0.4, 0.5) is 5.69 Å². The maximum absolute atomic E-state index is 13.3. The molecular weight excluding hydrogens is 326 g/mol. The van der Waals surface area contributed by atoms with Crippen molar-refractivity contribution in [2.45, 2.75) is 18.3 Å². The lowest BCUT2D eigenvalue weighted by atomic mass is 9.73. The van der Waals surface area contributed by atoms with Gasteiger partial charge >= 0.3 is 0 Å². The minimum atomic E-state index is -0.552. The molecule has 132 valence electrons. The largest absolute Gasteiger partial charge is 0.381 e. The number of anilines is 1. The number of benzene rings is 2. The third-order valence-corrected chi connectivity index (χ3v) is 5.04. The van der Waals surface area contributed by atoms with Crippen LogP contribution in [-0.2, 0) is 14.9 Å². The third-order valence-electron chi connectivity index (χ3n) is 5.04. The summed E-state index contributed by atoms with van der Waals surface area (Å²) in [6, 6.07) is 19.7. The highest BCUT2D eigenvalue weighted by Crippen LogP contribution is 2.36. The van der Waals surface area contributed by atoms with E-state index in [9.17, 15) is 4.79 Å². The standard InChI is InChI=1S/C21H21N3O2/c25-20(21(10-13-26-14-11-21)17-6-2-1-3-7-17)23-18-8-4-5-16(15-18)19-9-12-22-24-19/h1-9,12,15H,10-11,13-14H2,(H,22,24)(H,23,25). The van der Waals surface area contributed by atoms with Crippen molar-refractivity contribution >= 4 is 11.6 Å². The molecule has 0 unspecified atom stereocenters. The molecule has 5 nitrogen and oxygen atoms in total. The Kier molecular flexibility index (Phi) is 4.54. The van der Waals surface area contributed by atoms with Crippen molar-refractivity contribution in [1.82, 2.24) is 10.2 Å². The second kappa shape index (κ2) is 7.14. The van der Waals surface area contributed by atoms with Crippen molar-refractivity contribution in [1.29, 1.82) is 0 Å². The van der Waals surface area contributed by atoms with Gasteiger partial charge in [0.05, 0.1) is 11.1 Å². The van der Waals surface area contributed by atoms with Crippen LogP contribution in [0.2, 0.25) is 0 Å². The molecule has 2 aromatic carbocycles. The minimum absolute atomic E-state index is 0.0220. The predicted octanol–water partition coefficient (Wildman–Crippen LogP) is 3.76. The fraction of sp³-hybridized carbons (Fsp3) is 0.238. The predicted molar refractivity (Wildman–Crippen MR) is 101 cm³/mol. The van der Waals surface area contributed by atoms with Gasteiger partial charge in [0.2, 0.25) is 5.91 Å². The van der Waals surface area contributed by atoms with Crippen LogP contribution in [0.3, 0.4) is 0 Å². The van der Waals surface area contributed by atoms with Crippen LogP contribution < -0.4 is 5.32 Å². The zero-order chi connectivity index (χ0) is 17.8. The van der Waals surface area contributed by atoms with E-state index in [1.807, 2.05) is 60.7 Å². The molecule has 1 aliphatic rings. The van der Waals surface area contributed by atoms with E-state index in [-0.39, 0.29) is 5.91 Å². The fourth-order valence-corrected chi connectivity index (χ4v) is 3.56. The lowest BCUT2D eigenvalue weighted by Gasteiger charge is -2.36. The van der Waals surface area contributed by atoms with Gasteiger partial charge in [-0.3, -0.25) is 9.89 Å². The molecule has 2 N–H and O–H groups in total. The molecule has 1 saturated heterocycles. The summed E-state index contributed by atoms with van der Waals surface area (Å²) in [7, 11) is 0. The van der Waals surface area contributed by atoms with Crippen LogP contribution >= 0.6 is 0 Å². The van der Waals surface area contributed by atoms with Gasteiger partial charge in [0, 0.05) is 30.7 Å². The first-order valence-electron chi connectivity index (χ1n) is 8.82. The Hall–Kier alpha value is -2.92. The molecule has 0 aliphatic carbocycles. The number of aromatic amines is 1. The summed E-state index contributed by atoms with van der Waals surface area (Å²) >= 11 is 0. The summed E-state index contributed by atoms with van der Waals surface area (Å²) in [5.74, 6) is 0.0220. The number of carbonyl (C=O) groups is 1. The first kappa shape index (κ1) is 16.5. The van der Waals surface area contributed by atoms with Crippen LogP contribution in [0.1, 0.15) is 18.4 Å². The monoisotopic (exact) mass is 347 g/mol. The van der Waals surface area contributed by atoms with Gasteiger partial charge in [-0.15, -0.1) is 0 Å². The molecule has 1 amide bonds. The Morgan fingerprint density at radius 1 is 1.04 bits per heavy atom. The highest BCUT2D eigenvalue weighted by Gasteiger charge is 2.41. The van der Waals surface area contributed by atoms with E-state index < -0.39 is 5.41 Å². The number of amides is 1. The fourth-order valence-electron chi connectivity index (χ4n) is 3.56. The molecule has 0 spiro atoms. The van der Waals surface area contributed by atoms with Crippen molar-refractivity contribution in [3.8, 4) is 11.3 Å². The van der Waals surface area contributed by atoms with Crippen LogP contribution in [-0.4, -0.2) is 29.3 Å². The lowest BCUT2D eigenvalue weighted by molar-refractivity contribution is -0.125. The molecule has 0 saturated carbocycles. The first-order valence-corrected chi connectivity index (χ1v) is 8.82. The molecule has 4 rings (SSSR count). The summed E-state index contributed by atoms with van der Waals surface area (Å²) in [5, 5.41) is 10.1. The number of rotatable bonds is 4. The summed E-state index contributed by atoms with van der Waals surface area (Å²) in [4.78, 5) is 13.3. The Balaban J connectivity index is 1.62. The average Bonchev–Trinajstić information content (AvgIpc) is 3.24. The lowest BCUT2D eigenvalue weighted by Crippen LogP contribution is -2.44. The molecule has 2 heterocycles. The second-order valence-electron chi connectivity index (χ2n) is 6.57. The van der Waals surface area contributed by atoms with Crippen molar-refractivity contribution in [2.24, 2.45) is 0 Å². The molecule has 5 heteroatoms. The minimum Gasteiger partial charge on any atom is -0.381 e. The molecule has 26 heavy (non-hydrogen) atoms. The Morgan fingerprint density at radius 2 is 1.85 bits per heavy atom. The Bertz CT molecular complexity index is 869. The molecule has 1 fully saturated rings. The van der Waals surface area contributed by atoms with Gasteiger partial charge in [0.15, 0.2) is 0 Å². The van der Waals surface area contributed by atoms with Crippen LogP contribution in [0.5, 0.6) is 0 Å². The topological polar surface area (TPSA) is 67.0 Å². The van der Waals surface area contributed by atoms with Crippen molar-refractivity contribution in [2.75, 3.05) is 18.5 Å². The zero-order valence-corrected chi connectivity index (χ0v) is 14.4. The molecule has 0 radical (unpaired) electrons. The molecule has 1 aromatic heterocycles. The maximum atomic E-state index is 13.3. The van der Waals surface area contributed by atoms with E-state index in [0.717, 1.165) is 22.5 Å². The van der Waals surface area contributed by atoms with Gasteiger partial charge in [0.1, 0.15) is 0 Å². The molecule has 3 aromatic rings. The zero-order valence-electron chi connectivity index (χ0n) is 14.4. The average molecular weight is 347 g/mol. The number of hydrogen-bond acceptors (Lipinski definition) is 3. The summed E-state index contributed by atoms with van der Waals surface area (Å²) in [6.07, 6.45) is 3.08. The number of nitrogens with zero attached hydrogens (tertiary/aromatic N) is 1. The normalized spacial score (nSPS) is 16.2. The van der Waals surface area contributed by atoms with Crippen LogP contribution in [0, 0.1) is 0 Å². The van der Waals surface area contributed by atoms with Gasteiger partial charge in [-0.2, -0.15) is 5.10 Å². The van der Waals surface area contributed by atoms with Crippen molar-refractivity contribution in [3.05, 3.63) is 72.4 Å². The Morgan fingerprint density at radius 3 is 2.58 bits per heavy atom. The van der Waals surface area contributed by atoms with Crippen molar-refractivity contribution < 1.29 is 9.53 Å². The number of hydrogen-bond donors (Lipinski definition) is 2. The summed E-state index contributed by atoms with van der Waals surface area (Å²) in [6.45, 7) is 1.19. The highest BCUT2D eigenvalue weighted by atomic mass is 16.5. The Labute approximate surface area is 152 Å². The van der Waals surface area contributed by atoms with Gasteiger partial charge in [-0.1, -0.05) is 42.5 Å². The van der Waals surface area contributed by atoms with E-state index in [1.165, 1.54) is 0 Å². The number of ether oxygens (including phenoxy) is 1. The SMILES string of the molecule is O=C(Nc1cccc(-c2ccn[nH]2)c1)C1(c2ccccc2)CCOCC1.